The van der Waals surface area contributed by atoms with Gasteiger partial charge in [-0.1, -0.05) is 12.1 Å². The molecule has 0 amide bonds. The minimum Gasteiger partial charge on any atom is -0.236 e. The standard InChI is InChI=1S/C20H18F3N3O2S/c1-29(27,28)16-8-9-19(24-12-16)26-17(11-18(25-26)20(21,22)23)15-7-6-13-4-2-3-5-14(13)10-15/h6-12H,2-5H2,1H3. The van der Waals surface area contributed by atoms with Gasteiger partial charge in [0.1, 0.15) is 0 Å². The first-order valence-corrected chi connectivity index (χ1v) is 11.0. The normalized spacial score (nSPS) is 14.6. The Balaban J connectivity index is 1.85. The molecule has 0 unspecified atom stereocenters. The number of rotatable bonds is 3. The highest BCUT2D eigenvalue weighted by atomic mass is 32.2. The van der Waals surface area contributed by atoms with Gasteiger partial charge in [-0.05, 0) is 61.1 Å². The van der Waals surface area contributed by atoms with Crippen molar-refractivity contribution >= 4 is 9.84 Å². The number of fused-ring (bicyclic) bond motifs is 1. The Morgan fingerprint density at radius 1 is 1.00 bits per heavy atom. The average Bonchev–Trinajstić information content (AvgIpc) is 3.13. The van der Waals surface area contributed by atoms with Crippen LogP contribution in [0.25, 0.3) is 17.1 Å². The van der Waals surface area contributed by atoms with Crippen molar-refractivity contribution in [1.29, 1.82) is 0 Å². The van der Waals surface area contributed by atoms with Crippen molar-refractivity contribution in [3.63, 3.8) is 0 Å². The van der Waals surface area contributed by atoms with Crippen molar-refractivity contribution in [3.8, 4) is 17.1 Å². The monoisotopic (exact) mass is 421 g/mol. The number of nitrogens with zero attached hydrogens (tertiary/aromatic N) is 3. The molecule has 2 aromatic heterocycles. The maximum Gasteiger partial charge on any atom is 0.435 e. The summed E-state index contributed by atoms with van der Waals surface area (Å²) < 4.78 is 64.4. The smallest absolute Gasteiger partial charge is 0.236 e. The highest BCUT2D eigenvalue weighted by Crippen LogP contribution is 2.34. The van der Waals surface area contributed by atoms with Gasteiger partial charge in [-0.3, -0.25) is 0 Å². The molecule has 0 saturated heterocycles. The Morgan fingerprint density at radius 2 is 1.72 bits per heavy atom. The van der Waals surface area contributed by atoms with E-state index in [0.29, 0.717) is 5.56 Å². The Hall–Kier alpha value is -2.68. The van der Waals surface area contributed by atoms with Crippen LogP contribution in [-0.4, -0.2) is 29.4 Å². The summed E-state index contributed by atoms with van der Waals surface area (Å²) in [5.74, 6) is 0.112. The third kappa shape index (κ3) is 3.91. The molecule has 0 aliphatic heterocycles. The van der Waals surface area contributed by atoms with E-state index in [9.17, 15) is 21.6 Å². The van der Waals surface area contributed by atoms with Crippen molar-refractivity contribution < 1.29 is 21.6 Å². The lowest BCUT2D eigenvalue weighted by atomic mass is 9.90. The highest BCUT2D eigenvalue weighted by molar-refractivity contribution is 7.90. The molecular formula is C20H18F3N3O2S. The Labute approximate surface area is 166 Å². The van der Waals surface area contributed by atoms with Gasteiger partial charge < -0.3 is 0 Å². The van der Waals surface area contributed by atoms with Crippen molar-refractivity contribution in [3.05, 3.63) is 59.4 Å². The highest BCUT2D eigenvalue weighted by Gasteiger charge is 2.35. The fourth-order valence-corrected chi connectivity index (χ4v) is 4.07. The molecule has 0 saturated carbocycles. The number of halogens is 3. The molecule has 5 nitrogen and oxygen atoms in total. The molecule has 152 valence electrons. The number of aromatic nitrogens is 3. The molecule has 0 bridgehead atoms. The van der Waals surface area contributed by atoms with Crippen molar-refractivity contribution in [2.45, 2.75) is 36.8 Å². The van der Waals surface area contributed by atoms with Crippen LogP contribution in [0.1, 0.15) is 29.7 Å². The maximum absolute atomic E-state index is 13.3. The molecule has 1 aliphatic rings. The van der Waals surface area contributed by atoms with E-state index in [-0.39, 0.29) is 16.4 Å². The van der Waals surface area contributed by atoms with Gasteiger partial charge in [-0.15, -0.1) is 0 Å². The second-order valence-corrected chi connectivity index (χ2v) is 9.15. The molecule has 0 spiro atoms. The van der Waals surface area contributed by atoms with Crippen molar-refractivity contribution in [1.82, 2.24) is 14.8 Å². The first-order valence-electron chi connectivity index (χ1n) is 9.09. The number of pyridine rings is 1. The summed E-state index contributed by atoms with van der Waals surface area (Å²) in [6, 6.07) is 9.32. The molecule has 1 aliphatic carbocycles. The summed E-state index contributed by atoms with van der Waals surface area (Å²) in [5, 5.41) is 3.71. The summed E-state index contributed by atoms with van der Waals surface area (Å²) in [6.07, 6.45) is 1.58. The summed E-state index contributed by atoms with van der Waals surface area (Å²) >= 11 is 0. The predicted molar refractivity (Wildman–Crippen MR) is 102 cm³/mol. The predicted octanol–water partition coefficient (Wildman–Crippen LogP) is 4.24. The minimum absolute atomic E-state index is 0.0141. The van der Waals surface area contributed by atoms with Crippen LogP contribution in [0.15, 0.2) is 47.5 Å². The second-order valence-electron chi connectivity index (χ2n) is 7.14. The number of sulfone groups is 1. The molecule has 0 atom stereocenters. The number of benzene rings is 1. The first-order chi connectivity index (χ1) is 13.6. The van der Waals surface area contributed by atoms with E-state index < -0.39 is 21.7 Å². The SMILES string of the molecule is CS(=O)(=O)c1ccc(-n2nc(C(F)(F)F)cc2-c2ccc3c(c2)CCCC3)nc1. The Morgan fingerprint density at radius 3 is 2.34 bits per heavy atom. The van der Waals surface area contributed by atoms with Crippen LogP contribution in [0.4, 0.5) is 13.2 Å². The zero-order valence-corrected chi connectivity index (χ0v) is 16.4. The third-order valence-corrected chi connectivity index (χ3v) is 6.11. The van der Waals surface area contributed by atoms with E-state index in [0.717, 1.165) is 54.4 Å². The summed E-state index contributed by atoms with van der Waals surface area (Å²) in [7, 11) is -3.46. The molecule has 2 heterocycles. The fraction of sp³-hybridized carbons (Fsp3) is 0.300. The molecule has 0 N–H and O–H groups in total. The topological polar surface area (TPSA) is 64.8 Å². The lowest BCUT2D eigenvalue weighted by Gasteiger charge is -2.17. The first kappa shape index (κ1) is 19.6. The average molecular weight is 421 g/mol. The molecule has 0 fully saturated rings. The van der Waals surface area contributed by atoms with E-state index in [1.165, 1.54) is 17.7 Å². The van der Waals surface area contributed by atoms with Crippen LogP contribution < -0.4 is 0 Å². The van der Waals surface area contributed by atoms with Crippen molar-refractivity contribution in [2.75, 3.05) is 6.26 Å². The molecule has 1 aromatic carbocycles. The van der Waals surface area contributed by atoms with E-state index in [2.05, 4.69) is 10.1 Å². The lowest BCUT2D eigenvalue weighted by Crippen LogP contribution is -2.09. The van der Waals surface area contributed by atoms with Gasteiger partial charge in [0.25, 0.3) is 0 Å². The maximum atomic E-state index is 13.3. The fourth-order valence-electron chi connectivity index (χ4n) is 3.51. The van der Waals surface area contributed by atoms with Gasteiger partial charge in [-0.2, -0.15) is 18.3 Å². The summed E-state index contributed by atoms with van der Waals surface area (Å²) in [4.78, 5) is 4.02. The zero-order valence-electron chi connectivity index (χ0n) is 15.6. The molecule has 3 aromatic rings. The summed E-state index contributed by atoms with van der Waals surface area (Å²) in [5.41, 5.74) is 2.19. The van der Waals surface area contributed by atoms with Crippen LogP contribution in [0.3, 0.4) is 0 Å². The van der Waals surface area contributed by atoms with E-state index in [1.54, 1.807) is 6.07 Å². The van der Waals surface area contributed by atoms with Gasteiger partial charge in [0.15, 0.2) is 21.3 Å². The van der Waals surface area contributed by atoms with Gasteiger partial charge in [0, 0.05) is 18.0 Å². The van der Waals surface area contributed by atoms with Crippen LogP contribution in [-0.2, 0) is 28.9 Å². The van der Waals surface area contributed by atoms with Gasteiger partial charge in [-0.25, -0.2) is 18.1 Å². The van der Waals surface area contributed by atoms with Gasteiger partial charge in [0.05, 0.1) is 10.6 Å². The minimum atomic E-state index is -4.61. The van der Waals surface area contributed by atoms with E-state index in [4.69, 9.17) is 0 Å². The molecule has 4 rings (SSSR count). The molecule has 9 heteroatoms. The van der Waals surface area contributed by atoms with Crippen LogP contribution >= 0.6 is 0 Å². The Kier molecular flexibility index (Phi) is 4.72. The number of aryl methyl sites for hydroxylation is 2. The molecule has 0 radical (unpaired) electrons. The van der Waals surface area contributed by atoms with Crippen LogP contribution in [0.2, 0.25) is 0 Å². The number of hydrogen-bond donors (Lipinski definition) is 0. The molecular weight excluding hydrogens is 403 g/mol. The molecule has 29 heavy (non-hydrogen) atoms. The second kappa shape index (κ2) is 6.98. The third-order valence-electron chi connectivity index (χ3n) is 5.01. The van der Waals surface area contributed by atoms with Crippen LogP contribution in [0, 0.1) is 0 Å². The lowest BCUT2D eigenvalue weighted by molar-refractivity contribution is -0.141. The zero-order chi connectivity index (χ0) is 20.8. The quantitative estimate of drug-likeness (QED) is 0.635. The Bertz CT molecular complexity index is 1170. The largest absolute Gasteiger partial charge is 0.435 e. The van der Waals surface area contributed by atoms with E-state index in [1.807, 2.05) is 12.1 Å². The van der Waals surface area contributed by atoms with Gasteiger partial charge >= 0.3 is 6.18 Å². The number of hydrogen-bond acceptors (Lipinski definition) is 4. The van der Waals surface area contributed by atoms with Crippen LogP contribution in [0.5, 0.6) is 0 Å². The van der Waals surface area contributed by atoms with Crippen molar-refractivity contribution in [2.24, 2.45) is 0 Å². The van der Waals surface area contributed by atoms with Gasteiger partial charge in [0.2, 0.25) is 0 Å². The van der Waals surface area contributed by atoms with E-state index >= 15 is 0 Å². The number of alkyl halides is 3. The summed E-state index contributed by atoms with van der Waals surface area (Å²) in [6.45, 7) is 0.